The quantitative estimate of drug-likeness (QED) is 0.781. The summed E-state index contributed by atoms with van der Waals surface area (Å²) in [4.78, 5) is 21.9. The van der Waals surface area contributed by atoms with Crippen molar-refractivity contribution in [2.45, 2.75) is 5.92 Å². The highest BCUT2D eigenvalue weighted by atomic mass is 35.5. The van der Waals surface area contributed by atoms with Gasteiger partial charge in [0.2, 0.25) is 0 Å². The maximum Gasteiger partial charge on any atom is 0.255 e. The number of rotatable bonds is 2. The van der Waals surface area contributed by atoms with Crippen LogP contribution in [0.2, 0.25) is 5.02 Å². The van der Waals surface area contributed by atoms with Crippen LogP contribution in [-0.4, -0.2) is 33.9 Å². The number of aromatic amines is 1. The monoisotopic (exact) mass is 329 g/mol. The molecule has 2 heterocycles. The summed E-state index contributed by atoms with van der Waals surface area (Å²) < 4.78 is 13.1. The largest absolute Gasteiger partial charge is 0.342 e. The molecule has 1 aromatic heterocycles. The number of likely N-dealkylation sites (tertiary alicyclic amines) is 1. The molecule has 1 fully saturated rings. The number of amides is 1. The number of nitrogens with one attached hydrogen (secondary N) is 1. The molecule has 4 nitrogen and oxygen atoms in total. The van der Waals surface area contributed by atoms with Gasteiger partial charge >= 0.3 is 0 Å². The van der Waals surface area contributed by atoms with Crippen LogP contribution in [0.3, 0.4) is 0 Å². The number of para-hydroxylation sites is 2. The van der Waals surface area contributed by atoms with E-state index in [4.69, 9.17) is 11.6 Å². The number of nitrogens with zero attached hydrogens (tertiary/aromatic N) is 2. The molecule has 1 amide bonds. The highest BCUT2D eigenvalue weighted by Gasteiger charge is 2.34. The summed E-state index contributed by atoms with van der Waals surface area (Å²) in [6.07, 6.45) is 0. The Morgan fingerprint density at radius 2 is 2.04 bits per heavy atom. The molecule has 1 aliphatic heterocycles. The Balaban J connectivity index is 1.49. The van der Waals surface area contributed by atoms with E-state index in [0.29, 0.717) is 18.7 Å². The minimum absolute atomic E-state index is 0.141. The zero-order chi connectivity index (χ0) is 16.0. The summed E-state index contributed by atoms with van der Waals surface area (Å²) >= 11 is 5.95. The van der Waals surface area contributed by atoms with Gasteiger partial charge in [0.05, 0.1) is 27.5 Å². The van der Waals surface area contributed by atoms with E-state index in [1.165, 1.54) is 12.1 Å². The SMILES string of the molecule is O=C(c1ccc(F)cc1Cl)N1CC(c2nc3ccccc3[nH]2)C1. The number of carbonyl (C=O) groups is 1. The van der Waals surface area contributed by atoms with Gasteiger partial charge in [-0.1, -0.05) is 23.7 Å². The molecule has 0 spiro atoms. The summed E-state index contributed by atoms with van der Waals surface area (Å²) in [5.74, 6) is 0.448. The first-order valence-electron chi connectivity index (χ1n) is 7.31. The number of aromatic nitrogens is 2. The van der Waals surface area contributed by atoms with Gasteiger partial charge in [-0.25, -0.2) is 9.37 Å². The van der Waals surface area contributed by atoms with Crippen molar-refractivity contribution in [3.05, 3.63) is 64.7 Å². The van der Waals surface area contributed by atoms with Crippen molar-refractivity contribution in [2.24, 2.45) is 0 Å². The third-order valence-corrected chi connectivity index (χ3v) is 4.44. The maximum absolute atomic E-state index is 13.1. The number of carbonyl (C=O) groups excluding carboxylic acids is 1. The Morgan fingerprint density at radius 3 is 2.78 bits per heavy atom. The molecule has 1 aliphatic rings. The lowest BCUT2D eigenvalue weighted by atomic mass is 9.98. The molecule has 0 radical (unpaired) electrons. The molecule has 23 heavy (non-hydrogen) atoms. The second-order valence-corrected chi connectivity index (χ2v) is 6.08. The van der Waals surface area contributed by atoms with Crippen LogP contribution in [0, 0.1) is 5.82 Å². The van der Waals surface area contributed by atoms with E-state index >= 15 is 0 Å². The highest BCUT2D eigenvalue weighted by molar-refractivity contribution is 6.33. The fourth-order valence-electron chi connectivity index (χ4n) is 2.82. The maximum atomic E-state index is 13.1. The number of hydrogen-bond acceptors (Lipinski definition) is 2. The van der Waals surface area contributed by atoms with Crippen molar-refractivity contribution in [3.8, 4) is 0 Å². The second-order valence-electron chi connectivity index (χ2n) is 5.67. The summed E-state index contributed by atoms with van der Waals surface area (Å²) in [6, 6.07) is 11.7. The van der Waals surface area contributed by atoms with E-state index < -0.39 is 5.82 Å². The lowest BCUT2D eigenvalue weighted by Gasteiger charge is -2.38. The average Bonchev–Trinajstić information content (AvgIpc) is 2.88. The fraction of sp³-hybridized carbons (Fsp3) is 0.176. The third-order valence-electron chi connectivity index (χ3n) is 4.12. The first-order chi connectivity index (χ1) is 11.1. The van der Waals surface area contributed by atoms with Gasteiger partial charge in [0.25, 0.3) is 5.91 Å². The fourth-order valence-corrected chi connectivity index (χ4v) is 3.06. The third kappa shape index (κ3) is 2.47. The zero-order valence-corrected chi connectivity index (χ0v) is 12.8. The van der Waals surface area contributed by atoms with Crippen molar-refractivity contribution in [1.82, 2.24) is 14.9 Å². The molecule has 0 saturated carbocycles. The van der Waals surface area contributed by atoms with Crippen LogP contribution in [0.15, 0.2) is 42.5 Å². The van der Waals surface area contributed by atoms with Crippen molar-refractivity contribution >= 4 is 28.5 Å². The van der Waals surface area contributed by atoms with Gasteiger partial charge in [-0.3, -0.25) is 4.79 Å². The smallest absolute Gasteiger partial charge is 0.255 e. The van der Waals surface area contributed by atoms with Gasteiger partial charge in [0.1, 0.15) is 11.6 Å². The Kier molecular flexibility index (Phi) is 3.31. The van der Waals surface area contributed by atoms with Crippen LogP contribution >= 0.6 is 11.6 Å². The van der Waals surface area contributed by atoms with E-state index in [1.54, 1.807) is 4.90 Å². The van der Waals surface area contributed by atoms with Gasteiger partial charge in [0.15, 0.2) is 0 Å². The van der Waals surface area contributed by atoms with Gasteiger partial charge in [-0.2, -0.15) is 0 Å². The van der Waals surface area contributed by atoms with Crippen molar-refractivity contribution in [2.75, 3.05) is 13.1 Å². The average molecular weight is 330 g/mol. The summed E-state index contributed by atoms with van der Waals surface area (Å²) in [5.41, 5.74) is 2.25. The molecule has 2 aromatic carbocycles. The molecule has 0 aliphatic carbocycles. The zero-order valence-electron chi connectivity index (χ0n) is 12.1. The van der Waals surface area contributed by atoms with Crippen LogP contribution in [0.4, 0.5) is 4.39 Å². The van der Waals surface area contributed by atoms with Crippen molar-refractivity contribution in [3.63, 3.8) is 0 Å². The Bertz CT molecular complexity index is 869. The summed E-state index contributed by atoms with van der Waals surface area (Å²) in [5, 5.41) is 0.141. The lowest BCUT2D eigenvalue weighted by molar-refractivity contribution is 0.0596. The molecule has 116 valence electrons. The molecule has 4 rings (SSSR count). The Labute approximate surface area is 136 Å². The molecule has 3 aromatic rings. The summed E-state index contributed by atoms with van der Waals surface area (Å²) in [7, 11) is 0. The Hall–Kier alpha value is -2.40. The van der Waals surface area contributed by atoms with Crippen LogP contribution in [0.1, 0.15) is 22.1 Å². The minimum Gasteiger partial charge on any atom is -0.342 e. The van der Waals surface area contributed by atoms with Gasteiger partial charge in [-0.05, 0) is 30.3 Å². The van der Waals surface area contributed by atoms with Crippen LogP contribution in [-0.2, 0) is 0 Å². The number of benzene rings is 2. The van der Waals surface area contributed by atoms with E-state index in [1.807, 2.05) is 24.3 Å². The highest BCUT2D eigenvalue weighted by Crippen LogP contribution is 2.29. The molecular weight excluding hydrogens is 317 g/mol. The molecule has 1 saturated heterocycles. The van der Waals surface area contributed by atoms with Gasteiger partial charge in [-0.15, -0.1) is 0 Å². The van der Waals surface area contributed by atoms with E-state index in [9.17, 15) is 9.18 Å². The standard InChI is InChI=1S/C17H13ClFN3O/c18-13-7-11(19)5-6-12(13)17(23)22-8-10(9-22)16-20-14-3-1-2-4-15(14)21-16/h1-7,10H,8-9H2,(H,20,21). The summed E-state index contributed by atoms with van der Waals surface area (Å²) in [6.45, 7) is 1.15. The molecule has 0 bridgehead atoms. The van der Waals surface area contributed by atoms with E-state index in [2.05, 4.69) is 9.97 Å². The van der Waals surface area contributed by atoms with Gasteiger partial charge < -0.3 is 9.88 Å². The first kappa shape index (κ1) is 14.2. The molecule has 0 unspecified atom stereocenters. The number of imidazole rings is 1. The number of hydrogen-bond donors (Lipinski definition) is 1. The van der Waals surface area contributed by atoms with Crippen LogP contribution in [0.25, 0.3) is 11.0 Å². The van der Waals surface area contributed by atoms with E-state index in [-0.39, 0.29) is 16.8 Å². The normalized spacial score (nSPS) is 15.0. The topological polar surface area (TPSA) is 49.0 Å². The first-order valence-corrected chi connectivity index (χ1v) is 7.68. The van der Waals surface area contributed by atoms with Crippen molar-refractivity contribution in [1.29, 1.82) is 0 Å². The molecule has 0 atom stereocenters. The number of fused-ring (bicyclic) bond motifs is 1. The van der Waals surface area contributed by atoms with Crippen LogP contribution < -0.4 is 0 Å². The number of halogens is 2. The lowest BCUT2D eigenvalue weighted by Crippen LogP contribution is -2.48. The second kappa shape index (κ2) is 5.35. The molecule has 1 N–H and O–H groups in total. The number of H-pyrrole nitrogens is 1. The molecule has 6 heteroatoms. The van der Waals surface area contributed by atoms with Crippen molar-refractivity contribution < 1.29 is 9.18 Å². The predicted molar refractivity (Wildman–Crippen MR) is 86.1 cm³/mol. The van der Waals surface area contributed by atoms with Gasteiger partial charge in [0, 0.05) is 13.1 Å². The predicted octanol–water partition coefficient (Wildman–Crippen LogP) is 3.60. The Morgan fingerprint density at radius 1 is 1.26 bits per heavy atom. The molecular formula is C17H13ClFN3O. The minimum atomic E-state index is -0.449. The van der Waals surface area contributed by atoms with Crippen LogP contribution in [0.5, 0.6) is 0 Å². The van der Waals surface area contributed by atoms with E-state index in [0.717, 1.165) is 22.9 Å².